The number of nitrogens with two attached hydrogens (primary N) is 1. The first kappa shape index (κ1) is 14.2. The minimum atomic E-state index is -0.583. The van der Waals surface area contributed by atoms with E-state index in [0.717, 1.165) is 12.1 Å². The number of nitrogens with one attached hydrogen (secondary N) is 1. The molecular formula is C14H13ClN6O2. The van der Waals surface area contributed by atoms with E-state index in [1.807, 2.05) is 0 Å². The predicted octanol–water partition coefficient (Wildman–Crippen LogP) is 1.30. The fourth-order valence-corrected chi connectivity index (χ4v) is 2.73. The van der Waals surface area contributed by atoms with Crippen molar-refractivity contribution in [3.05, 3.63) is 35.2 Å². The Morgan fingerprint density at radius 3 is 3.04 bits per heavy atom. The SMILES string of the molecule is NC(=O)c1cn([C@@]23COCCC2=N3)nc1Nc1ccc(Cl)nc1. The summed E-state index contributed by atoms with van der Waals surface area (Å²) in [6.45, 7) is 1.08. The highest BCUT2D eigenvalue weighted by Crippen LogP contribution is 2.39. The van der Waals surface area contributed by atoms with Gasteiger partial charge in [-0.25, -0.2) is 9.67 Å². The van der Waals surface area contributed by atoms with Crippen LogP contribution in [0.3, 0.4) is 0 Å². The molecule has 0 bridgehead atoms. The molecule has 2 aromatic rings. The molecule has 2 aliphatic rings. The lowest BCUT2D eigenvalue weighted by atomic mass is 10.1. The van der Waals surface area contributed by atoms with Gasteiger partial charge >= 0.3 is 0 Å². The number of primary amides is 1. The Morgan fingerprint density at radius 2 is 2.35 bits per heavy atom. The van der Waals surface area contributed by atoms with E-state index in [9.17, 15) is 4.79 Å². The first-order valence-electron chi connectivity index (χ1n) is 7.04. The van der Waals surface area contributed by atoms with Gasteiger partial charge in [0.2, 0.25) is 5.66 Å². The van der Waals surface area contributed by atoms with E-state index in [2.05, 4.69) is 20.4 Å². The van der Waals surface area contributed by atoms with Crippen molar-refractivity contribution in [1.82, 2.24) is 14.8 Å². The molecule has 1 saturated heterocycles. The van der Waals surface area contributed by atoms with Crippen LogP contribution in [0.2, 0.25) is 5.15 Å². The quantitative estimate of drug-likeness (QED) is 0.820. The molecule has 1 atom stereocenters. The first-order chi connectivity index (χ1) is 11.1. The van der Waals surface area contributed by atoms with Crippen LogP contribution in [0.15, 0.2) is 29.5 Å². The lowest BCUT2D eigenvalue weighted by molar-refractivity contribution is 0.0845. The number of ether oxygens (including phenoxy) is 1. The topological polar surface area (TPSA) is 107 Å². The van der Waals surface area contributed by atoms with Crippen molar-refractivity contribution in [2.75, 3.05) is 18.5 Å². The molecule has 1 fully saturated rings. The highest BCUT2D eigenvalue weighted by atomic mass is 35.5. The number of amides is 1. The zero-order chi connectivity index (χ0) is 16.0. The largest absolute Gasteiger partial charge is 0.376 e. The minimum Gasteiger partial charge on any atom is -0.376 e. The third-order valence-electron chi connectivity index (χ3n) is 3.87. The van der Waals surface area contributed by atoms with Crippen molar-refractivity contribution in [2.24, 2.45) is 10.7 Å². The summed E-state index contributed by atoms with van der Waals surface area (Å²) in [6, 6.07) is 3.38. The van der Waals surface area contributed by atoms with E-state index in [4.69, 9.17) is 22.1 Å². The van der Waals surface area contributed by atoms with Gasteiger partial charge in [0.1, 0.15) is 10.7 Å². The number of aliphatic imine (C=N–C) groups is 1. The van der Waals surface area contributed by atoms with Gasteiger partial charge in [0.25, 0.3) is 5.91 Å². The van der Waals surface area contributed by atoms with Crippen LogP contribution in [0, 0.1) is 0 Å². The molecular weight excluding hydrogens is 320 g/mol. The van der Waals surface area contributed by atoms with E-state index in [-0.39, 0.29) is 5.56 Å². The zero-order valence-corrected chi connectivity index (χ0v) is 12.7. The summed E-state index contributed by atoms with van der Waals surface area (Å²) in [4.78, 5) is 20.2. The normalized spacial score (nSPS) is 22.2. The molecule has 0 aliphatic carbocycles. The summed E-state index contributed by atoms with van der Waals surface area (Å²) in [5.74, 6) is -0.223. The smallest absolute Gasteiger partial charge is 0.254 e. The minimum absolute atomic E-state index is 0.279. The van der Waals surface area contributed by atoms with Crippen molar-refractivity contribution in [2.45, 2.75) is 12.1 Å². The van der Waals surface area contributed by atoms with Crippen molar-refractivity contribution < 1.29 is 9.53 Å². The van der Waals surface area contributed by atoms with Crippen molar-refractivity contribution >= 4 is 34.7 Å². The summed E-state index contributed by atoms with van der Waals surface area (Å²) in [5, 5.41) is 7.85. The third-order valence-corrected chi connectivity index (χ3v) is 4.09. The van der Waals surface area contributed by atoms with Gasteiger partial charge in [-0.3, -0.25) is 9.79 Å². The lowest BCUT2D eigenvalue weighted by Gasteiger charge is -2.20. The van der Waals surface area contributed by atoms with Crippen LogP contribution in [0.5, 0.6) is 0 Å². The summed E-state index contributed by atoms with van der Waals surface area (Å²) < 4.78 is 7.12. The second-order valence-corrected chi connectivity index (χ2v) is 5.76. The molecule has 0 aromatic carbocycles. The number of hydrogen-bond donors (Lipinski definition) is 2. The van der Waals surface area contributed by atoms with Crippen LogP contribution < -0.4 is 11.1 Å². The maximum absolute atomic E-state index is 11.7. The fourth-order valence-electron chi connectivity index (χ4n) is 2.62. The molecule has 4 heterocycles. The number of halogens is 1. The maximum Gasteiger partial charge on any atom is 0.254 e. The van der Waals surface area contributed by atoms with Gasteiger partial charge in [-0.05, 0) is 12.1 Å². The van der Waals surface area contributed by atoms with Crippen LogP contribution in [0.4, 0.5) is 11.5 Å². The van der Waals surface area contributed by atoms with Crippen molar-refractivity contribution in [3.8, 4) is 0 Å². The van der Waals surface area contributed by atoms with E-state index in [0.29, 0.717) is 29.9 Å². The molecule has 2 aliphatic heterocycles. The predicted molar refractivity (Wildman–Crippen MR) is 84.1 cm³/mol. The summed E-state index contributed by atoms with van der Waals surface area (Å²) in [6.07, 6.45) is 3.92. The van der Waals surface area contributed by atoms with E-state index in [1.165, 1.54) is 0 Å². The van der Waals surface area contributed by atoms with Gasteiger partial charge in [0.05, 0.1) is 30.8 Å². The third kappa shape index (κ3) is 2.36. The van der Waals surface area contributed by atoms with Gasteiger partial charge < -0.3 is 15.8 Å². The number of carbonyl (C=O) groups is 1. The molecule has 9 heteroatoms. The van der Waals surface area contributed by atoms with Crippen molar-refractivity contribution in [1.29, 1.82) is 0 Å². The zero-order valence-electron chi connectivity index (χ0n) is 12.0. The number of anilines is 2. The number of carbonyl (C=O) groups excluding carboxylic acids is 1. The van der Waals surface area contributed by atoms with Crippen LogP contribution in [-0.2, 0) is 10.4 Å². The number of rotatable bonds is 4. The second kappa shape index (κ2) is 5.04. The summed E-state index contributed by atoms with van der Waals surface area (Å²) in [7, 11) is 0. The molecule has 23 heavy (non-hydrogen) atoms. The van der Waals surface area contributed by atoms with Gasteiger partial charge in [-0.2, -0.15) is 5.10 Å². The Kier molecular flexibility index (Phi) is 3.10. The van der Waals surface area contributed by atoms with E-state index >= 15 is 0 Å². The number of hydrogen-bond acceptors (Lipinski definition) is 6. The standard InChI is InChI=1S/C14H13ClN6O2/c15-11-2-1-8(5-17-11)18-13-9(12(16)22)6-21(20-13)14-7-23-4-3-10(14)19-14/h1-2,5-6H,3-4,7H2,(H2,16,22)(H,18,20)/t14-/m0/s1. The molecule has 2 aromatic heterocycles. The Labute approximate surface area is 136 Å². The molecule has 118 valence electrons. The molecule has 0 radical (unpaired) electrons. The highest BCUT2D eigenvalue weighted by molar-refractivity contribution is 6.29. The average molecular weight is 333 g/mol. The van der Waals surface area contributed by atoms with Crippen LogP contribution in [-0.4, -0.2) is 39.6 Å². The van der Waals surface area contributed by atoms with Crippen molar-refractivity contribution in [3.63, 3.8) is 0 Å². The molecule has 3 N–H and O–H groups in total. The maximum atomic E-state index is 11.7. The van der Waals surface area contributed by atoms with Gasteiger partial charge in [-0.15, -0.1) is 0 Å². The van der Waals surface area contributed by atoms with Gasteiger partial charge in [-0.1, -0.05) is 11.6 Å². The number of pyridine rings is 1. The molecule has 4 rings (SSSR count). The number of aromatic nitrogens is 3. The molecule has 0 spiro atoms. The van der Waals surface area contributed by atoms with Gasteiger partial charge in [0.15, 0.2) is 5.82 Å². The van der Waals surface area contributed by atoms with Crippen LogP contribution in [0.25, 0.3) is 0 Å². The van der Waals surface area contributed by atoms with E-state index in [1.54, 1.807) is 29.2 Å². The second-order valence-electron chi connectivity index (χ2n) is 5.37. The summed E-state index contributed by atoms with van der Waals surface area (Å²) in [5.41, 5.74) is 6.83. The number of fused-ring (bicyclic) bond motifs is 1. The van der Waals surface area contributed by atoms with Crippen LogP contribution >= 0.6 is 11.6 Å². The average Bonchev–Trinajstić information content (AvgIpc) is 3.14. The summed E-state index contributed by atoms with van der Waals surface area (Å²) >= 11 is 5.76. The molecule has 0 saturated carbocycles. The number of nitrogens with zero attached hydrogens (tertiary/aromatic N) is 4. The van der Waals surface area contributed by atoms with Gasteiger partial charge in [0, 0.05) is 12.6 Å². The Bertz CT molecular complexity index is 815. The fraction of sp³-hybridized carbons (Fsp3) is 0.286. The van der Waals surface area contributed by atoms with E-state index < -0.39 is 11.6 Å². The Balaban J connectivity index is 1.66. The molecule has 8 nitrogen and oxygen atoms in total. The molecule has 1 amide bonds. The Morgan fingerprint density at radius 1 is 1.48 bits per heavy atom. The Hall–Kier alpha value is -2.45. The molecule has 0 unspecified atom stereocenters. The lowest BCUT2D eigenvalue weighted by Crippen LogP contribution is -2.35. The van der Waals surface area contributed by atoms with Crippen LogP contribution in [0.1, 0.15) is 16.8 Å². The highest BCUT2D eigenvalue weighted by Gasteiger charge is 2.52. The monoisotopic (exact) mass is 332 g/mol. The first-order valence-corrected chi connectivity index (χ1v) is 7.42.